The zero-order valence-electron chi connectivity index (χ0n) is 17.9. The van der Waals surface area contributed by atoms with E-state index in [2.05, 4.69) is 4.98 Å². The van der Waals surface area contributed by atoms with Crippen molar-refractivity contribution >= 4 is 17.2 Å². The zero-order valence-corrected chi connectivity index (χ0v) is 17.9. The lowest BCUT2D eigenvalue weighted by molar-refractivity contribution is -0.389. The van der Waals surface area contributed by atoms with Crippen molar-refractivity contribution in [1.82, 2.24) is 9.55 Å². The van der Waals surface area contributed by atoms with Gasteiger partial charge in [-0.3, -0.25) is 9.58 Å². The number of aryl methyl sites for hydroxylation is 1. The molecule has 0 aliphatic rings. The Balaban J connectivity index is 0.000000258. The molecule has 2 aromatic carbocycles. The summed E-state index contributed by atoms with van der Waals surface area (Å²) in [5.74, 6) is 6.10. The van der Waals surface area contributed by atoms with E-state index in [1.54, 1.807) is 36.1 Å². The topological polar surface area (TPSA) is 135 Å². The second-order valence-corrected chi connectivity index (χ2v) is 6.30. The molecular weight excluding hydrogens is 419 g/mol. The summed E-state index contributed by atoms with van der Waals surface area (Å²) < 4.78 is 24.5. The van der Waals surface area contributed by atoms with Gasteiger partial charge >= 0.3 is 11.8 Å². The van der Waals surface area contributed by atoms with E-state index in [4.69, 9.17) is 21.1 Å². The van der Waals surface area contributed by atoms with Crippen molar-refractivity contribution in [3.8, 4) is 11.8 Å². The van der Waals surface area contributed by atoms with Crippen LogP contribution < -0.4 is 26.1 Å². The van der Waals surface area contributed by atoms with E-state index >= 15 is 0 Å². The van der Waals surface area contributed by atoms with Crippen molar-refractivity contribution in [2.45, 2.75) is 13.5 Å². The van der Waals surface area contributed by atoms with Crippen LogP contribution in [-0.4, -0.2) is 28.7 Å². The Morgan fingerprint density at radius 3 is 2.41 bits per heavy atom. The normalized spacial score (nSPS) is 10.7. The van der Waals surface area contributed by atoms with Crippen LogP contribution in [0.3, 0.4) is 0 Å². The molecule has 0 aliphatic heterocycles. The smallest absolute Gasteiger partial charge is 0.413 e. The maximum atomic E-state index is 12.9. The lowest BCUT2D eigenvalue weighted by atomic mass is 10.2. The number of ether oxygens (including phenoxy) is 2. The average Bonchev–Trinajstić information content (AvgIpc) is 3.24. The van der Waals surface area contributed by atoms with Crippen LogP contribution in [0.15, 0.2) is 60.9 Å². The number of hydrogen-bond donors (Lipinski definition) is 2. The number of nitro groups is 1. The maximum Gasteiger partial charge on any atom is 0.413 e. The first-order chi connectivity index (χ1) is 15.3. The van der Waals surface area contributed by atoms with Gasteiger partial charge in [0.25, 0.3) is 0 Å². The van der Waals surface area contributed by atoms with Gasteiger partial charge in [0.05, 0.1) is 25.6 Å². The fourth-order valence-corrected chi connectivity index (χ4v) is 2.64. The monoisotopic (exact) mass is 444 g/mol. The Bertz CT molecular complexity index is 1050. The van der Waals surface area contributed by atoms with Crippen molar-refractivity contribution in [2.75, 3.05) is 19.2 Å². The standard InChI is InChI=1S/C15H16FN3O.C6H9N3O3/c1-20-15-5-3-2-4-14(15)19(18)10-13(17)11-6-8-12(16)9-7-11;1-3-8-4-5(9(10)11)7-6(8)12-2/h2-10H,17-18H2,1H3;4H,3H2,1-2H3/b13-10-;. The number of anilines is 1. The number of imidazole rings is 1. The first-order valence-corrected chi connectivity index (χ1v) is 9.46. The predicted molar refractivity (Wildman–Crippen MR) is 119 cm³/mol. The van der Waals surface area contributed by atoms with Crippen molar-refractivity contribution in [3.05, 3.63) is 82.4 Å². The molecule has 32 heavy (non-hydrogen) atoms. The Morgan fingerprint density at radius 2 is 1.88 bits per heavy atom. The molecule has 0 radical (unpaired) electrons. The van der Waals surface area contributed by atoms with Crippen molar-refractivity contribution in [1.29, 1.82) is 0 Å². The lowest BCUT2D eigenvalue weighted by Crippen LogP contribution is -2.26. The number of hydrogen-bond acceptors (Lipinski definition) is 8. The molecule has 11 heteroatoms. The molecule has 1 aromatic heterocycles. The SMILES string of the molecule is CCn1cc([N+](=O)[O-])nc1OC.COc1ccccc1N(N)/C=C(\N)c1ccc(F)cc1. The minimum absolute atomic E-state index is 0.186. The molecule has 0 bridgehead atoms. The van der Waals surface area contributed by atoms with Gasteiger partial charge in [0.2, 0.25) is 0 Å². The molecule has 0 atom stereocenters. The molecular formula is C21H25FN6O4. The van der Waals surface area contributed by atoms with Crippen LogP contribution in [0.1, 0.15) is 12.5 Å². The van der Waals surface area contributed by atoms with E-state index in [0.717, 1.165) is 0 Å². The molecule has 0 unspecified atom stereocenters. The third-order valence-corrected chi connectivity index (χ3v) is 4.26. The second kappa shape index (κ2) is 11.3. The first kappa shape index (κ1) is 24.2. The van der Waals surface area contributed by atoms with E-state index < -0.39 is 4.92 Å². The number of methoxy groups -OCH3 is 2. The number of rotatable bonds is 7. The lowest BCUT2D eigenvalue weighted by Gasteiger charge is -2.18. The Labute approximate surface area is 184 Å². The van der Waals surface area contributed by atoms with Crippen LogP contribution >= 0.6 is 0 Å². The van der Waals surface area contributed by atoms with Gasteiger partial charge in [-0.2, -0.15) is 0 Å². The molecule has 0 saturated carbocycles. The van der Waals surface area contributed by atoms with E-state index in [0.29, 0.717) is 29.2 Å². The van der Waals surface area contributed by atoms with Crippen LogP contribution in [0.25, 0.3) is 5.70 Å². The van der Waals surface area contributed by atoms with Gasteiger partial charge in [-0.05, 0) is 53.8 Å². The number of hydrazine groups is 1. The molecule has 0 fully saturated rings. The Morgan fingerprint density at radius 1 is 1.22 bits per heavy atom. The van der Waals surface area contributed by atoms with Crippen LogP contribution in [0, 0.1) is 15.9 Å². The highest BCUT2D eigenvalue weighted by atomic mass is 19.1. The summed E-state index contributed by atoms with van der Waals surface area (Å²) in [6.07, 6.45) is 2.91. The zero-order chi connectivity index (χ0) is 23.7. The average molecular weight is 444 g/mol. The number of nitrogens with zero attached hydrogens (tertiary/aromatic N) is 4. The van der Waals surface area contributed by atoms with E-state index in [-0.39, 0.29) is 17.6 Å². The number of halogens is 1. The second-order valence-electron chi connectivity index (χ2n) is 6.30. The number of para-hydroxylation sites is 2. The number of aromatic nitrogens is 2. The predicted octanol–water partition coefficient (Wildman–Crippen LogP) is 3.29. The van der Waals surface area contributed by atoms with Crippen LogP contribution in [0.4, 0.5) is 15.9 Å². The molecule has 0 aliphatic carbocycles. The highest BCUT2D eigenvalue weighted by Gasteiger charge is 2.17. The quantitative estimate of drug-likeness (QED) is 0.322. The summed E-state index contributed by atoms with van der Waals surface area (Å²) in [7, 11) is 3.00. The molecule has 0 amide bonds. The fourth-order valence-electron chi connectivity index (χ4n) is 2.64. The maximum absolute atomic E-state index is 12.9. The molecule has 0 saturated heterocycles. The summed E-state index contributed by atoms with van der Waals surface area (Å²) >= 11 is 0. The van der Waals surface area contributed by atoms with Crippen molar-refractivity contribution in [3.63, 3.8) is 0 Å². The molecule has 10 nitrogen and oxygen atoms in total. The molecule has 0 spiro atoms. The van der Waals surface area contributed by atoms with Crippen LogP contribution in [0.2, 0.25) is 0 Å². The summed E-state index contributed by atoms with van der Waals surface area (Å²) in [6, 6.07) is 13.5. The molecule has 4 N–H and O–H groups in total. The summed E-state index contributed by atoms with van der Waals surface area (Å²) in [5, 5.41) is 11.6. The minimum atomic E-state index is -0.547. The molecule has 1 heterocycles. The third kappa shape index (κ3) is 6.19. The van der Waals surface area contributed by atoms with E-state index in [1.165, 1.54) is 30.4 Å². The molecule has 3 rings (SSSR count). The van der Waals surface area contributed by atoms with Gasteiger partial charge < -0.3 is 25.3 Å². The largest absolute Gasteiger partial charge is 0.495 e. The van der Waals surface area contributed by atoms with Crippen molar-refractivity contribution < 1.29 is 18.8 Å². The van der Waals surface area contributed by atoms with Gasteiger partial charge in [-0.25, -0.2) is 10.2 Å². The van der Waals surface area contributed by atoms with Gasteiger partial charge in [0.15, 0.2) is 0 Å². The summed E-state index contributed by atoms with van der Waals surface area (Å²) in [5.41, 5.74) is 7.75. The summed E-state index contributed by atoms with van der Waals surface area (Å²) in [6.45, 7) is 2.46. The Kier molecular flexibility index (Phi) is 8.54. The highest BCUT2D eigenvalue weighted by Crippen LogP contribution is 2.26. The van der Waals surface area contributed by atoms with E-state index in [1.807, 2.05) is 25.1 Å². The highest BCUT2D eigenvalue weighted by molar-refractivity contribution is 5.68. The molecule has 170 valence electrons. The Hall–Kier alpha value is -4.12. The van der Waals surface area contributed by atoms with Gasteiger partial charge in [-0.1, -0.05) is 12.1 Å². The number of nitrogens with two attached hydrogens (primary N) is 2. The number of benzene rings is 2. The fraction of sp³-hybridized carbons (Fsp3) is 0.190. The molecule has 3 aromatic rings. The van der Waals surface area contributed by atoms with Gasteiger partial charge in [-0.15, -0.1) is 0 Å². The van der Waals surface area contributed by atoms with Crippen LogP contribution in [0.5, 0.6) is 11.8 Å². The minimum Gasteiger partial charge on any atom is -0.495 e. The summed E-state index contributed by atoms with van der Waals surface area (Å²) in [4.78, 5) is 13.4. The van der Waals surface area contributed by atoms with E-state index in [9.17, 15) is 14.5 Å². The van der Waals surface area contributed by atoms with Crippen molar-refractivity contribution in [2.24, 2.45) is 11.6 Å². The third-order valence-electron chi connectivity index (χ3n) is 4.26. The van der Waals surface area contributed by atoms with Gasteiger partial charge in [0, 0.05) is 17.7 Å². The first-order valence-electron chi connectivity index (χ1n) is 9.46. The van der Waals surface area contributed by atoms with Crippen LogP contribution in [-0.2, 0) is 6.54 Å². The van der Waals surface area contributed by atoms with Gasteiger partial charge in [0.1, 0.15) is 17.8 Å².